The number of nitrogens with zero attached hydrogens (tertiary/aromatic N) is 2. The number of nitrogens with two attached hydrogens (primary N) is 1. The smallest absolute Gasteiger partial charge is 0.221 e. The first-order valence-corrected chi connectivity index (χ1v) is 6.40. The molecule has 0 aliphatic heterocycles. The first-order chi connectivity index (χ1) is 8.19. The number of hydrogen-bond acceptors (Lipinski definition) is 5. The van der Waals surface area contributed by atoms with Crippen molar-refractivity contribution in [3.8, 4) is 5.75 Å². The second kappa shape index (κ2) is 5.37. The predicted octanol–water partition coefficient (Wildman–Crippen LogP) is 2.98. The summed E-state index contributed by atoms with van der Waals surface area (Å²) in [5.41, 5.74) is 5.56. The Morgan fingerprint density at radius 2 is 2.24 bits per heavy atom. The van der Waals surface area contributed by atoms with Crippen LogP contribution in [0.15, 0.2) is 44.9 Å². The van der Waals surface area contributed by atoms with E-state index in [1.807, 2.05) is 24.3 Å². The lowest BCUT2D eigenvalue weighted by atomic mass is 10.3. The minimum Gasteiger partial charge on any atom is -0.497 e. The molecule has 0 spiro atoms. The number of benzene rings is 1. The molecule has 2 rings (SSSR count). The number of anilines is 1. The van der Waals surface area contributed by atoms with Crippen molar-refractivity contribution in [3.05, 3.63) is 34.9 Å². The molecule has 0 saturated heterocycles. The van der Waals surface area contributed by atoms with E-state index < -0.39 is 0 Å². The highest BCUT2D eigenvalue weighted by atomic mass is 79.9. The van der Waals surface area contributed by atoms with Crippen molar-refractivity contribution in [3.63, 3.8) is 0 Å². The zero-order valence-electron chi connectivity index (χ0n) is 9.05. The Balaban J connectivity index is 2.27. The molecule has 2 N–H and O–H groups in total. The van der Waals surface area contributed by atoms with Crippen LogP contribution in [0.2, 0.25) is 0 Å². The van der Waals surface area contributed by atoms with Crippen molar-refractivity contribution in [2.45, 2.75) is 9.92 Å². The number of methoxy groups -OCH3 is 1. The summed E-state index contributed by atoms with van der Waals surface area (Å²) in [6, 6.07) is 7.75. The summed E-state index contributed by atoms with van der Waals surface area (Å²) >= 11 is 4.89. The Kier molecular flexibility index (Phi) is 3.86. The van der Waals surface area contributed by atoms with E-state index in [-0.39, 0.29) is 5.95 Å². The molecular formula is C11H10BrN3OS. The number of ether oxygens (including phenoxy) is 1. The maximum atomic E-state index is 5.56. The fraction of sp³-hybridized carbons (Fsp3) is 0.0909. The lowest BCUT2D eigenvalue weighted by molar-refractivity contribution is 0.413. The second-order valence-corrected chi connectivity index (χ2v) is 5.08. The van der Waals surface area contributed by atoms with Crippen LogP contribution in [0.1, 0.15) is 0 Å². The monoisotopic (exact) mass is 311 g/mol. The summed E-state index contributed by atoms with van der Waals surface area (Å²) in [7, 11) is 1.64. The minimum absolute atomic E-state index is 0.263. The maximum absolute atomic E-state index is 5.56. The Labute approximate surface area is 112 Å². The first-order valence-electron chi connectivity index (χ1n) is 4.79. The lowest BCUT2D eigenvalue weighted by Crippen LogP contribution is -1.95. The lowest BCUT2D eigenvalue weighted by Gasteiger charge is -2.05. The Hall–Kier alpha value is -1.27. The standard InChI is InChI=1S/C11H10BrN3OS/c1-16-7-3-2-4-8(5-7)17-10-9(12)6-14-11(13)15-10/h2-6H,1H3,(H2,13,14,15). The van der Waals surface area contributed by atoms with Crippen molar-refractivity contribution in [2.24, 2.45) is 0 Å². The largest absolute Gasteiger partial charge is 0.497 e. The zero-order chi connectivity index (χ0) is 12.3. The summed E-state index contributed by atoms with van der Waals surface area (Å²) < 4.78 is 5.98. The third-order valence-corrected chi connectivity index (χ3v) is 3.82. The van der Waals surface area contributed by atoms with Crippen LogP contribution in [0.5, 0.6) is 5.75 Å². The van der Waals surface area contributed by atoms with Crippen LogP contribution in [0.4, 0.5) is 5.95 Å². The molecule has 6 heteroatoms. The Morgan fingerprint density at radius 1 is 1.41 bits per heavy atom. The summed E-state index contributed by atoms with van der Waals surface area (Å²) in [6.45, 7) is 0. The van der Waals surface area contributed by atoms with E-state index in [2.05, 4.69) is 25.9 Å². The molecule has 0 aliphatic rings. The summed E-state index contributed by atoms with van der Waals surface area (Å²) in [6.07, 6.45) is 1.64. The topological polar surface area (TPSA) is 61.0 Å². The summed E-state index contributed by atoms with van der Waals surface area (Å²) in [5.74, 6) is 1.08. The van der Waals surface area contributed by atoms with Crippen molar-refractivity contribution < 1.29 is 4.74 Å². The van der Waals surface area contributed by atoms with Crippen molar-refractivity contribution in [1.82, 2.24) is 9.97 Å². The SMILES string of the molecule is COc1cccc(Sc2nc(N)ncc2Br)c1. The van der Waals surface area contributed by atoms with E-state index in [1.165, 1.54) is 11.8 Å². The molecule has 0 amide bonds. The Bertz CT molecular complexity index is 536. The van der Waals surface area contributed by atoms with Gasteiger partial charge in [-0.25, -0.2) is 9.97 Å². The third kappa shape index (κ3) is 3.10. The van der Waals surface area contributed by atoms with Crippen LogP contribution < -0.4 is 10.5 Å². The quantitative estimate of drug-likeness (QED) is 0.883. The van der Waals surface area contributed by atoms with Gasteiger partial charge in [0.2, 0.25) is 5.95 Å². The molecule has 88 valence electrons. The van der Waals surface area contributed by atoms with Gasteiger partial charge in [0.1, 0.15) is 10.8 Å². The van der Waals surface area contributed by atoms with Crippen LogP contribution in [-0.2, 0) is 0 Å². The van der Waals surface area contributed by atoms with E-state index in [0.717, 1.165) is 20.1 Å². The highest BCUT2D eigenvalue weighted by molar-refractivity contribution is 9.10. The van der Waals surface area contributed by atoms with Gasteiger partial charge in [-0.2, -0.15) is 0 Å². The van der Waals surface area contributed by atoms with E-state index in [9.17, 15) is 0 Å². The first kappa shape index (κ1) is 12.2. The number of halogens is 1. The van der Waals surface area contributed by atoms with E-state index >= 15 is 0 Å². The van der Waals surface area contributed by atoms with E-state index in [1.54, 1.807) is 13.3 Å². The second-order valence-electron chi connectivity index (χ2n) is 3.16. The summed E-state index contributed by atoms with van der Waals surface area (Å²) in [5, 5.41) is 0.783. The number of nitrogen functional groups attached to an aromatic ring is 1. The van der Waals surface area contributed by atoms with Gasteiger partial charge in [0.15, 0.2) is 0 Å². The molecule has 4 nitrogen and oxygen atoms in total. The van der Waals surface area contributed by atoms with Gasteiger partial charge in [-0.15, -0.1) is 0 Å². The summed E-state index contributed by atoms with van der Waals surface area (Å²) in [4.78, 5) is 9.09. The molecule has 0 atom stereocenters. The molecule has 0 bridgehead atoms. The average molecular weight is 312 g/mol. The highest BCUT2D eigenvalue weighted by Crippen LogP contribution is 2.33. The van der Waals surface area contributed by atoms with Gasteiger partial charge in [-0.05, 0) is 34.1 Å². The minimum atomic E-state index is 0.263. The number of aromatic nitrogens is 2. The zero-order valence-corrected chi connectivity index (χ0v) is 11.5. The van der Waals surface area contributed by atoms with Crippen LogP contribution >= 0.6 is 27.7 Å². The molecule has 1 aromatic carbocycles. The van der Waals surface area contributed by atoms with Gasteiger partial charge in [-0.1, -0.05) is 17.8 Å². The van der Waals surface area contributed by atoms with Gasteiger partial charge in [-0.3, -0.25) is 0 Å². The van der Waals surface area contributed by atoms with E-state index in [0.29, 0.717) is 0 Å². The molecule has 2 aromatic rings. The molecular weight excluding hydrogens is 302 g/mol. The normalized spacial score (nSPS) is 10.2. The van der Waals surface area contributed by atoms with Crippen molar-refractivity contribution in [2.75, 3.05) is 12.8 Å². The van der Waals surface area contributed by atoms with Gasteiger partial charge in [0.05, 0.1) is 11.6 Å². The molecule has 1 aromatic heterocycles. The van der Waals surface area contributed by atoms with E-state index in [4.69, 9.17) is 10.5 Å². The van der Waals surface area contributed by atoms with Gasteiger partial charge in [0.25, 0.3) is 0 Å². The van der Waals surface area contributed by atoms with Crippen LogP contribution in [-0.4, -0.2) is 17.1 Å². The molecule has 0 saturated carbocycles. The predicted molar refractivity (Wildman–Crippen MR) is 71.3 cm³/mol. The van der Waals surface area contributed by atoms with Crippen LogP contribution in [0.25, 0.3) is 0 Å². The molecule has 1 heterocycles. The van der Waals surface area contributed by atoms with Crippen molar-refractivity contribution in [1.29, 1.82) is 0 Å². The number of hydrogen-bond donors (Lipinski definition) is 1. The molecule has 0 radical (unpaired) electrons. The molecule has 0 unspecified atom stereocenters. The molecule has 0 aliphatic carbocycles. The maximum Gasteiger partial charge on any atom is 0.221 e. The molecule has 0 fully saturated rings. The van der Waals surface area contributed by atoms with Gasteiger partial charge < -0.3 is 10.5 Å². The average Bonchev–Trinajstić information content (AvgIpc) is 2.34. The fourth-order valence-electron chi connectivity index (χ4n) is 1.21. The van der Waals surface area contributed by atoms with Crippen LogP contribution in [0, 0.1) is 0 Å². The highest BCUT2D eigenvalue weighted by Gasteiger charge is 2.06. The van der Waals surface area contributed by atoms with Gasteiger partial charge >= 0.3 is 0 Å². The molecule has 17 heavy (non-hydrogen) atoms. The Morgan fingerprint density at radius 3 is 3.00 bits per heavy atom. The number of rotatable bonds is 3. The third-order valence-electron chi connectivity index (χ3n) is 1.99. The van der Waals surface area contributed by atoms with Crippen molar-refractivity contribution >= 4 is 33.6 Å². The van der Waals surface area contributed by atoms with Crippen LogP contribution in [0.3, 0.4) is 0 Å². The van der Waals surface area contributed by atoms with Gasteiger partial charge in [0, 0.05) is 11.1 Å². The fourth-order valence-corrected chi connectivity index (χ4v) is 2.48.